The van der Waals surface area contributed by atoms with Crippen LogP contribution in [0.25, 0.3) is 0 Å². The number of benzene rings is 4. The van der Waals surface area contributed by atoms with E-state index in [4.69, 9.17) is 12.2 Å². The van der Waals surface area contributed by atoms with Crippen molar-refractivity contribution in [1.82, 2.24) is 9.55 Å². The Morgan fingerprint density at radius 2 is 1.30 bits per heavy atom. The van der Waals surface area contributed by atoms with Crippen LogP contribution in [0.15, 0.2) is 163 Å². The maximum Gasteiger partial charge on any atom is 0.212 e. The van der Waals surface area contributed by atoms with Gasteiger partial charge < -0.3 is 4.57 Å². The highest BCUT2D eigenvalue weighted by Gasteiger charge is 2.45. The molecule has 4 aromatic carbocycles. The molecule has 0 amide bonds. The van der Waals surface area contributed by atoms with Crippen LogP contribution < -0.4 is 10.9 Å². The fourth-order valence-corrected chi connectivity index (χ4v) is 11.1. The van der Waals surface area contributed by atoms with Gasteiger partial charge in [0, 0.05) is 23.7 Å². The second-order valence-electron chi connectivity index (χ2n) is 11.8. The van der Waals surface area contributed by atoms with E-state index < -0.39 is 8.80 Å². The zero-order valence-electron chi connectivity index (χ0n) is 25.4. The third-order valence-electron chi connectivity index (χ3n) is 9.07. The molecule has 0 radical (unpaired) electrons. The average molecular weight is 607 g/mol. The topological polar surface area (TPSA) is 17.8 Å². The predicted octanol–water partition coefficient (Wildman–Crippen LogP) is 7.72. The van der Waals surface area contributed by atoms with Crippen LogP contribution in [0.3, 0.4) is 0 Å². The molecule has 0 aliphatic heterocycles. The van der Waals surface area contributed by atoms with Gasteiger partial charge >= 0.3 is 0 Å². The number of nitrogens with zero attached hydrogens (tertiary/aromatic N) is 2. The van der Waals surface area contributed by atoms with E-state index >= 15 is 0 Å². The number of hydrogen-bond donors (Lipinski definition) is 0. The standard InChI is InChI=1S/C24H24N2SSi.C15H15B/c1-2-28(23-15-13-22(27)14-16-23)24(26-18-17-25-19-26,20-9-5-3-6-10-20)21-11-7-4-8-12-21;1-3-7-13(8-4-1)16(15-11-12-15)14-9-5-2-6-10-14/h3-13,15-19,28H,2,14H2,1H3;1-10,15H,11-12H2. The minimum Gasteiger partial charge on any atom is -0.326 e. The predicted molar refractivity (Wildman–Crippen MR) is 194 cm³/mol. The molecule has 7 rings (SSSR count). The zero-order chi connectivity index (χ0) is 30.2. The highest BCUT2D eigenvalue weighted by atomic mass is 32.1. The van der Waals surface area contributed by atoms with Gasteiger partial charge in [-0.15, -0.1) is 0 Å². The highest BCUT2D eigenvalue weighted by Crippen LogP contribution is 2.41. The lowest BCUT2D eigenvalue weighted by Gasteiger charge is -2.43. The molecule has 44 heavy (non-hydrogen) atoms. The van der Waals surface area contributed by atoms with Gasteiger partial charge in [0.05, 0.1) is 11.5 Å². The first-order valence-corrected chi connectivity index (χ1v) is 18.2. The van der Waals surface area contributed by atoms with Gasteiger partial charge in [0.1, 0.15) is 8.80 Å². The van der Waals surface area contributed by atoms with Crippen molar-refractivity contribution in [2.75, 3.05) is 0 Å². The Bertz CT molecular complexity index is 1600. The van der Waals surface area contributed by atoms with Gasteiger partial charge in [-0.2, -0.15) is 0 Å². The lowest BCUT2D eigenvalue weighted by Crippen LogP contribution is -2.50. The van der Waals surface area contributed by atoms with Crippen LogP contribution in [0.5, 0.6) is 0 Å². The van der Waals surface area contributed by atoms with Crippen molar-refractivity contribution in [2.24, 2.45) is 0 Å². The summed E-state index contributed by atoms with van der Waals surface area (Å²) in [6.07, 6.45) is 16.4. The number of imidazole rings is 1. The first-order chi connectivity index (χ1) is 21.7. The molecule has 1 heterocycles. The van der Waals surface area contributed by atoms with E-state index in [1.54, 1.807) is 0 Å². The summed E-state index contributed by atoms with van der Waals surface area (Å²) in [7, 11) is -1.58. The third kappa shape index (κ3) is 6.40. The van der Waals surface area contributed by atoms with Gasteiger partial charge in [-0.05, 0) is 17.2 Å². The lowest BCUT2D eigenvalue weighted by atomic mass is 9.37. The zero-order valence-corrected chi connectivity index (χ0v) is 27.3. The van der Waals surface area contributed by atoms with Crippen LogP contribution in [0, 0.1) is 0 Å². The van der Waals surface area contributed by atoms with Gasteiger partial charge in [-0.1, -0.05) is 193 Å². The van der Waals surface area contributed by atoms with Gasteiger partial charge in [0.15, 0.2) is 0 Å². The Morgan fingerprint density at radius 3 is 1.70 bits per heavy atom. The second-order valence-corrected chi connectivity index (χ2v) is 15.7. The van der Waals surface area contributed by atoms with Gasteiger partial charge in [0.25, 0.3) is 0 Å². The Kier molecular flexibility index (Phi) is 9.64. The number of hydrogen-bond acceptors (Lipinski definition) is 2. The maximum absolute atomic E-state index is 5.41. The number of aromatic nitrogens is 2. The largest absolute Gasteiger partial charge is 0.326 e. The van der Waals surface area contributed by atoms with E-state index in [1.807, 2.05) is 12.5 Å². The molecule has 1 saturated carbocycles. The molecule has 218 valence electrons. The van der Waals surface area contributed by atoms with Crippen LogP contribution >= 0.6 is 12.2 Å². The van der Waals surface area contributed by atoms with Crippen LogP contribution in [0.1, 0.15) is 37.3 Å². The highest BCUT2D eigenvalue weighted by molar-refractivity contribution is 7.80. The summed E-state index contributed by atoms with van der Waals surface area (Å²) in [6.45, 7) is 2.94. The van der Waals surface area contributed by atoms with Crippen LogP contribution in [-0.4, -0.2) is 29.9 Å². The maximum atomic E-state index is 5.41. The monoisotopic (exact) mass is 606 g/mol. The van der Waals surface area contributed by atoms with E-state index in [2.05, 4.69) is 162 Å². The van der Waals surface area contributed by atoms with Crippen molar-refractivity contribution in [3.63, 3.8) is 0 Å². The van der Waals surface area contributed by atoms with Gasteiger partial charge in [-0.25, -0.2) is 4.98 Å². The summed E-state index contributed by atoms with van der Waals surface area (Å²) in [5, 5.41) is 1.22. The summed E-state index contributed by atoms with van der Waals surface area (Å²) in [6, 6.07) is 44.8. The Morgan fingerprint density at radius 1 is 0.773 bits per heavy atom. The summed E-state index contributed by atoms with van der Waals surface area (Å²) in [5.74, 6) is 0.866. The minimum atomic E-state index is -1.58. The average Bonchev–Trinajstić information content (AvgIpc) is 3.77. The van der Waals surface area contributed by atoms with Crippen molar-refractivity contribution in [2.45, 2.75) is 43.2 Å². The fourth-order valence-electron chi connectivity index (χ4n) is 6.96. The van der Waals surface area contributed by atoms with Crippen molar-refractivity contribution < 1.29 is 0 Å². The Hall–Kier alpha value is -4.06. The Balaban J connectivity index is 0.000000181. The van der Waals surface area contributed by atoms with E-state index in [9.17, 15) is 0 Å². The lowest BCUT2D eigenvalue weighted by molar-refractivity contribution is 0.582. The molecule has 1 atom stereocenters. The number of thiocarbonyl (C=S) groups is 1. The molecular formula is C39H39BN2SSi. The molecule has 5 aromatic rings. The van der Waals surface area contributed by atoms with Gasteiger partial charge in [-0.3, -0.25) is 0 Å². The van der Waals surface area contributed by atoms with Crippen molar-refractivity contribution in [1.29, 1.82) is 0 Å². The first-order valence-electron chi connectivity index (χ1n) is 15.8. The molecule has 1 aromatic heterocycles. The summed E-state index contributed by atoms with van der Waals surface area (Å²) in [4.78, 5) is 5.45. The van der Waals surface area contributed by atoms with E-state index in [-0.39, 0.29) is 5.16 Å². The molecule has 0 bridgehead atoms. The fraction of sp³-hybridized carbons (Fsp3) is 0.179. The summed E-state index contributed by atoms with van der Waals surface area (Å²) >= 11 is 5.41. The van der Waals surface area contributed by atoms with Crippen LogP contribution in [0.4, 0.5) is 0 Å². The molecule has 2 nitrogen and oxygen atoms in total. The van der Waals surface area contributed by atoms with E-state index in [0.717, 1.165) is 23.1 Å². The van der Waals surface area contributed by atoms with Crippen molar-refractivity contribution >= 4 is 43.5 Å². The molecule has 5 heteroatoms. The molecule has 2 aliphatic rings. The van der Waals surface area contributed by atoms with Crippen LogP contribution in [0.2, 0.25) is 11.9 Å². The minimum absolute atomic E-state index is 0.247. The van der Waals surface area contributed by atoms with Crippen LogP contribution in [-0.2, 0) is 5.16 Å². The molecule has 0 N–H and O–H groups in total. The quantitative estimate of drug-likeness (QED) is 0.126. The normalized spacial score (nSPS) is 15.1. The Labute approximate surface area is 269 Å². The SMILES string of the molecule is CC[SiH](C1=CCC(=S)C=C1)C(c1ccccc1)(c1ccccc1)n1ccnc1.c1ccc(B(c2ccccc2)C2CC2)cc1. The van der Waals surface area contributed by atoms with E-state index in [0.29, 0.717) is 6.71 Å². The summed E-state index contributed by atoms with van der Waals surface area (Å²) < 4.78 is 2.33. The number of rotatable bonds is 9. The van der Waals surface area contributed by atoms with Gasteiger partial charge in [0.2, 0.25) is 6.71 Å². The first kappa shape index (κ1) is 30.0. The van der Waals surface area contributed by atoms with Crippen molar-refractivity contribution in [3.05, 3.63) is 175 Å². The molecule has 1 fully saturated rings. The molecular weight excluding hydrogens is 567 g/mol. The number of allylic oxidation sites excluding steroid dienone is 4. The van der Waals surface area contributed by atoms with E-state index in [1.165, 1.54) is 40.1 Å². The molecule has 0 saturated heterocycles. The molecule has 1 unspecified atom stereocenters. The van der Waals surface area contributed by atoms with Crippen molar-refractivity contribution in [3.8, 4) is 0 Å². The second kappa shape index (κ2) is 14.2. The molecule has 0 spiro atoms. The third-order valence-corrected chi connectivity index (χ3v) is 13.4. The molecule has 2 aliphatic carbocycles. The summed E-state index contributed by atoms with van der Waals surface area (Å²) in [5.41, 5.74) is 5.58. The smallest absolute Gasteiger partial charge is 0.212 e.